The Hall–Kier alpha value is -3.39. The minimum atomic E-state index is -0.304. The monoisotopic (exact) mass is 379 g/mol. The fraction of sp³-hybridized carbons (Fsp3) is 0.250. The van der Waals surface area contributed by atoms with Crippen LogP contribution in [0.5, 0.6) is 0 Å². The molecular weight excluding hydrogens is 358 g/mol. The number of amides is 1. The first kappa shape index (κ1) is 19.4. The van der Waals surface area contributed by atoms with Crippen molar-refractivity contribution in [3.05, 3.63) is 77.9 Å². The molecule has 0 spiro atoms. The predicted octanol–water partition coefficient (Wildman–Crippen LogP) is 1.89. The van der Waals surface area contributed by atoms with Crippen LogP contribution < -0.4 is 5.32 Å². The fourth-order valence-electron chi connectivity index (χ4n) is 2.48. The maximum Gasteiger partial charge on any atom is 0.273 e. The van der Waals surface area contributed by atoms with Gasteiger partial charge in [0.2, 0.25) is 0 Å². The van der Waals surface area contributed by atoms with Crippen LogP contribution in [-0.4, -0.2) is 44.9 Å². The van der Waals surface area contributed by atoms with Gasteiger partial charge in [0.25, 0.3) is 5.91 Å². The van der Waals surface area contributed by atoms with Crippen molar-refractivity contribution in [1.29, 1.82) is 0 Å². The van der Waals surface area contributed by atoms with E-state index in [9.17, 15) is 9.59 Å². The molecule has 2 aromatic heterocycles. The lowest BCUT2D eigenvalue weighted by Crippen LogP contribution is -2.23. The maximum atomic E-state index is 12.1. The third kappa shape index (κ3) is 5.82. The second-order valence-corrected chi connectivity index (χ2v) is 6.07. The van der Waals surface area contributed by atoms with Crippen molar-refractivity contribution < 1.29 is 14.3 Å². The Labute approximate surface area is 162 Å². The Balaban J connectivity index is 1.35. The first-order valence-electron chi connectivity index (χ1n) is 8.96. The highest BCUT2D eigenvalue weighted by molar-refractivity contribution is 5.97. The zero-order chi connectivity index (χ0) is 19.6. The molecule has 8 heteroatoms. The molecule has 1 N–H and O–H groups in total. The number of ether oxygens (including phenoxy) is 1. The molecule has 0 unspecified atom stereocenters. The van der Waals surface area contributed by atoms with Crippen molar-refractivity contribution in [1.82, 2.24) is 25.3 Å². The maximum absolute atomic E-state index is 12.1. The molecule has 144 valence electrons. The number of aryl methyl sites for hydroxylation is 1. The molecule has 0 aliphatic heterocycles. The van der Waals surface area contributed by atoms with Gasteiger partial charge in [0.1, 0.15) is 6.61 Å². The quantitative estimate of drug-likeness (QED) is 0.427. The molecule has 0 atom stereocenters. The molecule has 1 amide bonds. The molecule has 8 nitrogen and oxygen atoms in total. The van der Waals surface area contributed by atoms with Gasteiger partial charge < -0.3 is 10.1 Å². The van der Waals surface area contributed by atoms with Crippen LogP contribution in [0.4, 0.5) is 0 Å². The molecule has 3 aromatic rings. The van der Waals surface area contributed by atoms with Crippen molar-refractivity contribution in [2.75, 3.05) is 13.2 Å². The zero-order valence-corrected chi connectivity index (χ0v) is 15.3. The van der Waals surface area contributed by atoms with Crippen LogP contribution in [0.1, 0.15) is 33.0 Å². The van der Waals surface area contributed by atoms with Gasteiger partial charge in [-0.2, -0.15) is 0 Å². The van der Waals surface area contributed by atoms with E-state index < -0.39 is 0 Å². The summed E-state index contributed by atoms with van der Waals surface area (Å²) >= 11 is 0. The summed E-state index contributed by atoms with van der Waals surface area (Å²) in [4.78, 5) is 28.2. The van der Waals surface area contributed by atoms with Crippen LogP contribution in [0.2, 0.25) is 0 Å². The number of Topliss-reactive ketones (excluding diaryl/α,β-unsaturated/α-hetero) is 1. The van der Waals surface area contributed by atoms with Gasteiger partial charge in [-0.15, -0.1) is 5.10 Å². The van der Waals surface area contributed by atoms with E-state index in [2.05, 4.69) is 20.6 Å². The highest BCUT2D eigenvalue weighted by atomic mass is 16.5. The molecule has 0 saturated carbocycles. The molecule has 0 saturated heterocycles. The largest absolute Gasteiger partial charge is 0.373 e. The molecule has 28 heavy (non-hydrogen) atoms. The standard InChI is InChI=1S/C20H21N5O3/c26-19(16-7-2-1-3-8-16)15-28-12-6-11-25-14-18(23-24-25)20(27)22-13-17-9-4-5-10-21-17/h1-5,7-10,14H,6,11-13,15H2,(H,22,27). The first-order chi connectivity index (χ1) is 13.7. The Morgan fingerprint density at radius 3 is 2.68 bits per heavy atom. The second-order valence-electron chi connectivity index (χ2n) is 6.07. The Morgan fingerprint density at radius 1 is 1.07 bits per heavy atom. The van der Waals surface area contributed by atoms with Crippen molar-refractivity contribution in [2.45, 2.75) is 19.5 Å². The highest BCUT2D eigenvalue weighted by Crippen LogP contribution is 2.01. The third-order valence-corrected chi connectivity index (χ3v) is 3.93. The Bertz CT molecular complexity index is 896. The molecule has 2 heterocycles. The molecule has 1 aromatic carbocycles. The minimum absolute atomic E-state index is 0.0442. The van der Waals surface area contributed by atoms with Crippen LogP contribution in [0.3, 0.4) is 0 Å². The highest BCUT2D eigenvalue weighted by Gasteiger charge is 2.11. The van der Waals surface area contributed by atoms with Crippen LogP contribution in [-0.2, 0) is 17.8 Å². The number of carbonyl (C=O) groups is 2. The lowest BCUT2D eigenvalue weighted by Gasteiger charge is -2.04. The summed E-state index contributed by atoms with van der Waals surface area (Å²) in [7, 11) is 0. The molecule has 0 aliphatic carbocycles. The van der Waals surface area contributed by atoms with Crippen molar-refractivity contribution >= 4 is 11.7 Å². The van der Waals surface area contributed by atoms with Crippen molar-refractivity contribution in [3.63, 3.8) is 0 Å². The van der Waals surface area contributed by atoms with E-state index in [0.717, 1.165) is 5.69 Å². The van der Waals surface area contributed by atoms with Crippen LogP contribution in [0.25, 0.3) is 0 Å². The van der Waals surface area contributed by atoms with E-state index in [1.54, 1.807) is 29.2 Å². The topological polar surface area (TPSA) is 99.0 Å². The van der Waals surface area contributed by atoms with E-state index in [-0.39, 0.29) is 24.0 Å². The second kappa shape index (κ2) is 10.1. The molecular formula is C20H21N5O3. The predicted molar refractivity (Wildman–Crippen MR) is 102 cm³/mol. The third-order valence-electron chi connectivity index (χ3n) is 3.93. The van der Waals surface area contributed by atoms with Gasteiger partial charge in [-0.25, -0.2) is 0 Å². The number of rotatable bonds is 10. The Morgan fingerprint density at radius 2 is 1.89 bits per heavy atom. The number of ketones is 1. The van der Waals surface area contributed by atoms with E-state index in [1.807, 2.05) is 36.4 Å². The summed E-state index contributed by atoms with van der Waals surface area (Å²) < 4.78 is 7.00. The molecule has 0 bridgehead atoms. The molecule has 0 fully saturated rings. The summed E-state index contributed by atoms with van der Waals surface area (Å²) in [6, 6.07) is 14.5. The number of benzene rings is 1. The van der Waals surface area contributed by atoms with Crippen molar-refractivity contribution in [3.8, 4) is 0 Å². The van der Waals surface area contributed by atoms with Gasteiger partial charge in [0.15, 0.2) is 11.5 Å². The smallest absolute Gasteiger partial charge is 0.273 e. The molecule has 3 rings (SSSR count). The average molecular weight is 379 g/mol. The summed E-state index contributed by atoms with van der Waals surface area (Å²) in [5, 5.41) is 10.6. The van der Waals surface area contributed by atoms with Crippen LogP contribution >= 0.6 is 0 Å². The SMILES string of the molecule is O=C(COCCCn1cc(C(=O)NCc2ccccn2)nn1)c1ccccc1. The number of nitrogens with zero attached hydrogens (tertiary/aromatic N) is 4. The number of hydrogen-bond donors (Lipinski definition) is 1. The molecule has 0 aliphatic rings. The number of hydrogen-bond acceptors (Lipinski definition) is 6. The normalized spacial score (nSPS) is 10.6. The van der Waals surface area contributed by atoms with E-state index in [0.29, 0.717) is 31.7 Å². The zero-order valence-electron chi connectivity index (χ0n) is 15.3. The number of pyridine rings is 1. The number of carbonyl (C=O) groups excluding carboxylic acids is 2. The lowest BCUT2D eigenvalue weighted by atomic mass is 10.1. The van der Waals surface area contributed by atoms with Crippen LogP contribution in [0, 0.1) is 0 Å². The Kier molecular flexibility index (Phi) is 6.97. The van der Waals surface area contributed by atoms with E-state index >= 15 is 0 Å². The van der Waals surface area contributed by atoms with E-state index in [1.165, 1.54) is 0 Å². The van der Waals surface area contributed by atoms with Crippen LogP contribution in [0.15, 0.2) is 60.9 Å². The first-order valence-corrected chi connectivity index (χ1v) is 8.96. The van der Waals surface area contributed by atoms with Gasteiger partial charge in [-0.3, -0.25) is 19.3 Å². The van der Waals surface area contributed by atoms with E-state index in [4.69, 9.17) is 4.74 Å². The number of nitrogens with one attached hydrogen (secondary N) is 1. The van der Waals surface area contributed by atoms with Gasteiger partial charge >= 0.3 is 0 Å². The van der Waals surface area contributed by atoms with Gasteiger partial charge in [0, 0.05) is 24.9 Å². The average Bonchev–Trinajstić information content (AvgIpc) is 3.22. The summed E-state index contributed by atoms with van der Waals surface area (Å²) in [5.74, 6) is -0.352. The lowest BCUT2D eigenvalue weighted by molar-refractivity contribution is 0.0748. The summed E-state index contributed by atoms with van der Waals surface area (Å²) in [6.45, 7) is 1.33. The van der Waals surface area contributed by atoms with Gasteiger partial charge in [0.05, 0.1) is 18.4 Å². The van der Waals surface area contributed by atoms with Gasteiger partial charge in [-0.1, -0.05) is 41.6 Å². The fourth-order valence-corrected chi connectivity index (χ4v) is 2.48. The summed E-state index contributed by atoms with van der Waals surface area (Å²) in [5.41, 5.74) is 1.65. The minimum Gasteiger partial charge on any atom is -0.373 e. The van der Waals surface area contributed by atoms with Crippen molar-refractivity contribution in [2.24, 2.45) is 0 Å². The summed E-state index contributed by atoms with van der Waals surface area (Å²) in [6.07, 6.45) is 3.91. The number of aromatic nitrogens is 4. The molecule has 0 radical (unpaired) electrons. The van der Waals surface area contributed by atoms with Gasteiger partial charge in [-0.05, 0) is 18.6 Å².